The summed E-state index contributed by atoms with van der Waals surface area (Å²) in [5.41, 5.74) is 1.80. The maximum atomic E-state index is 5.36. The molecule has 0 unspecified atom stereocenters. The Labute approximate surface area is 154 Å². The molecule has 9 heteroatoms. The highest BCUT2D eigenvalue weighted by Gasteiger charge is 2.10. The lowest BCUT2D eigenvalue weighted by molar-refractivity contribution is 0.0394. The monoisotopic (exact) mass is 365 g/mol. The first kappa shape index (κ1) is 19.5. The zero-order chi connectivity index (χ0) is 18.1. The molecule has 0 radical (unpaired) electrons. The molecule has 1 aliphatic rings. The van der Waals surface area contributed by atoms with Crippen LogP contribution in [0.15, 0.2) is 11.1 Å². The van der Waals surface area contributed by atoms with Gasteiger partial charge in [0.25, 0.3) is 0 Å². The van der Waals surface area contributed by atoms with Crippen molar-refractivity contribution >= 4 is 29.2 Å². The van der Waals surface area contributed by atoms with Crippen molar-refractivity contribution in [2.45, 2.75) is 20.8 Å². The molecule has 0 atom stereocenters. The quantitative estimate of drug-likeness (QED) is 0.399. The number of nitrogens with zero attached hydrogens (tertiary/aromatic N) is 4. The molecule has 0 saturated carbocycles. The summed E-state index contributed by atoms with van der Waals surface area (Å²) in [5, 5.41) is 9.79. The minimum Gasteiger partial charge on any atom is -0.379 e. The Bertz CT molecular complexity index is 582. The van der Waals surface area contributed by atoms with Crippen molar-refractivity contribution in [1.29, 1.82) is 0 Å². The highest BCUT2D eigenvalue weighted by atomic mass is 32.1. The van der Waals surface area contributed by atoms with Gasteiger partial charge in [-0.2, -0.15) is 0 Å². The largest absolute Gasteiger partial charge is 0.379 e. The zero-order valence-electron chi connectivity index (χ0n) is 15.1. The van der Waals surface area contributed by atoms with E-state index in [4.69, 9.17) is 17.0 Å². The van der Waals surface area contributed by atoms with Crippen LogP contribution in [0.2, 0.25) is 0 Å². The van der Waals surface area contributed by atoms with Crippen molar-refractivity contribution in [3.63, 3.8) is 0 Å². The molecular weight excluding hydrogens is 338 g/mol. The summed E-state index contributed by atoms with van der Waals surface area (Å²) in [5.74, 6) is 1.05. The number of thiocarbonyl (C=S) groups is 1. The number of hydrogen-bond acceptors (Lipinski definition) is 6. The number of aryl methyl sites for hydroxylation is 2. The number of rotatable bonds is 5. The second-order valence-electron chi connectivity index (χ2n) is 5.77. The highest BCUT2D eigenvalue weighted by molar-refractivity contribution is 7.80. The number of guanidine groups is 1. The van der Waals surface area contributed by atoms with Crippen LogP contribution >= 0.6 is 12.2 Å². The van der Waals surface area contributed by atoms with Crippen molar-refractivity contribution in [1.82, 2.24) is 25.5 Å². The van der Waals surface area contributed by atoms with Gasteiger partial charge in [0.05, 0.1) is 19.8 Å². The molecular formula is C16H27N7OS. The van der Waals surface area contributed by atoms with Crippen LogP contribution in [0.5, 0.6) is 0 Å². The van der Waals surface area contributed by atoms with E-state index in [1.807, 2.05) is 26.8 Å². The lowest BCUT2D eigenvalue weighted by Gasteiger charge is -2.25. The van der Waals surface area contributed by atoms with Crippen molar-refractivity contribution in [2.75, 3.05) is 51.3 Å². The molecule has 1 aromatic rings. The average molecular weight is 366 g/mol. The van der Waals surface area contributed by atoms with Gasteiger partial charge in [0.2, 0.25) is 11.9 Å². The molecule has 25 heavy (non-hydrogen) atoms. The van der Waals surface area contributed by atoms with E-state index in [-0.39, 0.29) is 0 Å². The fourth-order valence-electron chi connectivity index (χ4n) is 2.44. The summed E-state index contributed by atoms with van der Waals surface area (Å²) in [4.78, 5) is 15.7. The fourth-order valence-corrected chi connectivity index (χ4v) is 2.68. The van der Waals surface area contributed by atoms with Gasteiger partial charge in [-0.05, 0) is 39.1 Å². The van der Waals surface area contributed by atoms with Crippen LogP contribution in [0.4, 0.5) is 5.95 Å². The van der Waals surface area contributed by atoms with E-state index in [2.05, 4.69) is 35.8 Å². The first-order valence-corrected chi connectivity index (χ1v) is 8.96. The molecule has 1 fully saturated rings. The van der Waals surface area contributed by atoms with Gasteiger partial charge in [-0.1, -0.05) is 0 Å². The van der Waals surface area contributed by atoms with E-state index in [0.29, 0.717) is 23.6 Å². The number of aromatic nitrogens is 2. The zero-order valence-corrected chi connectivity index (χ0v) is 15.9. The topological polar surface area (TPSA) is 86.7 Å². The van der Waals surface area contributed by atoms with Crippen molar-refractivity contribution in [3.8, 4) is 0 Å². The molecule has 8 nitrogen and oxygen atoms in total. The van der Waals surface area contributed by atoms with Gasteiger partial charge < -0.3 is 15.4 Å². The smallest absolute Gasteiger partial charge is 0.229 e. The molecule has 1 aliphatic heterocycles. The summed E-state index contributed by atoms with van der Waals surface area (Å²) in [6, 6.07) is 1.93. The van der Waals surface area contributed by atoms with Gasteiger partial charge in [-0.3, -0.25) is 15.2 Å². The number of hydrogen-bond donors (Lipinski definition) is 3. The third-order valence-corrected chi connectivity index (χ3v) is 3.82. The summed E-state index contributed by atoms with van der Waals surface area (Å²) >= 11 is 5.26. The molecule has 2 rings (SSSR count). The third-order valence-electron chi connectivity index (χ3n) is 3.57. The Morgan fingerprint density at radius 1 is 1.28 bits per heavy atom. The Morgan fingerprint density at radius 2 is 1.96 bits per heavy atom. The lowest BCUT2D eigenvalue weighted by atomic mass is 10.4. The Morgan fingerprint density at radius 3 is 2.60 bits per heavy atom. The first-order chi connectivity index (χ1) is 12.1. The van der Waals surface area contributed by atoms with E-state index in [1.165, 1.54) is 0 Å². The molecule has 0 spiro atoms. The van der Waals surface area contributed by atoms with E-state index in [0.717, 1.165) is 50.8 Å². The van der Waals surface area contributed by atoms with Crippen LogP contribution in [0.3, 0.4) is 0 Å². The second kappa shape index (κ2) is 10.2. The molecule has 138 valence electrons. The van der Waals surface area contributed by atoms with Crippen LogP contribution in [-0.2, 0) is 4.74 Å². The van der Waals surface area contributed by atoms with Gasteiger partial charge in [0, 0.05) is 37.6 Å². The predicted octanol–water partition coefficient (Wildman–Crippen LogP) is 0.678. The van der Waals surface area contributed by atoms with Crippen LogP contribution in [0, 0.1) is 13.8 Å². The summed E-state index contributed by atoms with van der Waals surface area (Å²) in [6.07, 6.45) is 0. The minimum absolute atomic E-state index is 0.509. The van der Waals surface area contributed by atoms with Gasteiger partial charge in [0.1, 0.15) is 0 Å². The molecule has 0 aliphatic carbocycles. The predicted molar refractivity (Wildman–Crippen MR) is 104 cm³/mol. The molecule has 0 aromatic carbocycles. The number of aliphatic imine (C=N–C) groups is 1. The van der Waals surface area contributed by atoms with Gasteiger partial charge >= 0.3 is 0 Å². The number of ether oxygens (including phenoxy) is 1. The van der Waals surface area contributed by atoms with Crippen LogP contribution in [0.1, 0.15) is 18.3 Å². The van der Waals surface area contributed by atoms with Gasteiger partial charge in [-0.25, -0.2) is 9.97 Å². The number of anilines is 1. The van der Waals surface area contributed by atoms with Crippen LogP contribution in [0.25, 0.3) is 0 Å². The van der Waals surface area contributed by atoms with Gasteiger partial charge in [-0.15, -0.1) is 0 Å². The third kappa shape index (κ3) is 7.29. The first-order valence-electron chi connectivity index (χ1n) is 8.55. The Kier molecular flexibility index (Phi) is 7.96. The highest BCUT2D eigenvalue weighted by Crippen LogP contribution is 2.03. The maximum Gasteiger partial charge on any atom is 0.229 e. The maximum absolute atomic E-state index is 5.36. The summed E-state index contributed by atoms with van der Waals surface area (Å²) < 4.78 is 5.36. The molecule has 1 saturated heterocycles. The lowest BCUT2D eigenvalue weighted by Crippen LogP contribution is -2.43. The summed E-state index contributed by atoms with van der Waals surface area (Å²) in [7, 11) is 0. The average Bonchev–Trinajstić information content (AvgIpc) is 2.55. The SMILES string of the molecule is CCNC(=S)NC(=NCCN1CCOCC1)Nc1nc(C)cc(C)n1. The van der Waals surface area contributed by atoms with Crippen molar-refractivity contribution in [2.24, 2.45) is 4.99 Å². The van der Waals surface area contributed by atoms with Crippen LogP contribution < -0.4 is 16.0 Å². The number of morpholine rings is 1. The minimum atomic E-state index is 0.509. The molecule has 3 N–H and O–H groups in total. The molecule has 0 amide bonds. The molecule has 1 aromatic heterocycles. The van der Waals surface area contributed by atoms with Crippen molar-refractivity contribution in [3.05, 3.63) is 17.5 Å². The Balaban J connectivity index is 2.00. The standard InChI is InChI=1S/C16H27N7OS/c1-4-17-16(25)22-14(18-5-6-23-7-9-24-10-8-23)21-15-19-12(2)11-13(3)20-15/h11H,4-10H2,1-3H3,(H3,17,18,19,20,21,22,25). The second-order valence-corrected chi connectivity index (χ2v) is 6.18. The van der Waals surface area contributed by atoms with Crippen molar-refractivity contribution < 1.29 is 4.74 Å². The fraction of sp³-hybridized carbons (Fsp3) is 0.625. The molecule has 2 heterocycles. The summed E-state index contributed by atoms with van der Waals surface area (Å²) in [6.45, 7) is 11.6. The van der Waals surface area contributed by atoms with E-state index < -0.39 is 0 Å². The number of nitrogens with one attached hydrogen (secondary N) is 3. The Hall–Kier alpha value is -1.84. The normalized spacial score (nSPS) is 15.7. The van der Waals surface area contributed by atoms with E-state index in [9.17, 15) is 0 Å². The van der Waals surface area contributed by atoms with Gasteiger partial charge in [0.15, 0.2) is 5.11 Å². The van der Waals surface area contributed by atoms with E-state index >= 15 is 0 Å². The van der Waals surface area contributed by atoms with Crippen LogP contribution in [-0.4, -0.2) is 71.9 Å². The van der Waals surface area contributed by atoms with E-state index in [1.54, 1.807) is 0 Å². The molecule has 0 bridgehead atoms.